The predicted molar refractivity (Wildman–Crippen MR) is 103 cm³/mol. The molecule has 1 aliphatic heterocycles. The van der Waals surface area contributed by atoms with Crippen molar-refractivity contribution in [3.05, 3.63) is 35.8 Å². The zero-order valence-corrected chi connectivity index (χ0v) is 15.6. The van der Waals surface area contributed by atoms with E-state index in [1.165, 1.54) is 32.0 Å². The zero-order chi connectivity index (χ0) is 18.4. The van der Waals surface area contributed by atoms with Crippen LogP contribution in [0.1, 0.15) is 31.7 Å². The van der Waals surface area contributed by atoms with Crippen molar-refractivity contribution < 1.29 is 9.18 Å². The van der Waals surface area contributed by atoms with Gasteiger partial charge in [-0.15, -0.1) is 0 Å². The Morgan fingerprint density at radius 3 is 2.92 bits per heavy atom. The number of fused-ring (bicyclic) bond motifs is 1. The summed E-state index contributed by atoms with van der Waals surface area (Å²) in [4.78, 5) is 19.9. The number of hydrogen-bond donors (Lipinski definition) is 2. The number of rotatable bonds is 8. The average molecular weight is 360 g/mol. The van der Waals surface area contributed by atoms with Gasteiger partial charge in [0.05, 0.1) is 0 Å². The highest BCUT2D eigenvalue weighted by molar-refractivity contribution is 5.83. The molecule has 6 heteroatoms. The van der Waals surface area contributed by atoms with Crippen molar-refractivity contribution in [1.82, 2.24) is 20.1 Å². The summed E-state index contributed by atoms with van der Waals surface area (Å²) in [6.07, 6.45) is 6.19. The molecule has 1 fully saturated rings. The van der Waals surface area contributed by atoms with Crippen molar-refractivity contribution in [2.75, 3.05) is 39.3 Å². The van der Waals surface area contributed by atoms with Gasteiger partial charge in [-0.1, -0.05) is 0 Å². The largest absolute Gasteiger partial charge is 0.361 e. The molecular formula is C20H29FN4O. The lowest BCUT2D eigenvalue weighted by Crippen LogP contribution is -2.41. The molecule has 3 rings (SSSR count). The highest BCUT2D eigenvalue weighted by atomic mass is 19.1. The lowest BCUT2D eigenvalue weighted by molar-refractivity contribution is 0.196. The third-order valence-electron chi connectivity index (χ3n) is 5.17. The summed E-state index contributed by atoms with van der Waals surface area (Å²) in [5, 5.41) is 3.88. The molecule has 0 spiro atoms. The summed E-state index contributed by atoms with van der Waals surface area (Å²) < 4.78 is 13.4. The van der Waals surface area contributed by atoms with Crippen molar-refractivity contribution in [1.29, 1.82) is 0 Å². The molecule has 142 valence electrons. The van der Waals surface area contributed by atoms with Crippen LogP contribution in [0.3, 0.4) is 0 Å². The lowest BCUT2D eigenvalue weighted by Gasteiger charge is -2.23. The number of aromatic amines is 1. The molecule has 1 aromatic carbocycles. The Morgan fingerprint density at radius 2 is 2.15 bits per heavy atom. The number of H-pyrrole nitrogens is 1. The molecule has 26 heavy (non-hydrogen) atoms. The topological polar surface area (TPSA) is 51.4 Å². The van der Waals surface area contributed by atoms with Crippen molar-refractivity contribution >= 4 is 16.9 Å². The van der Waals surface area contributed by atoms with E-state index in [4.69, 9.17) is 0 Å². The number of carbonyl (C=O) groups excluding carboxylic acids is 1. The number of aromatic nitrogens is 1. The zero-order valence-electron chi connectivity index (χ0n) is 15.6. The van der Waals surface area contributed by atoms with E-state index in [1.807, 2.05) is 18.0 Å². The minimum atomic E-state index is -0.238. The van der Waals surface area contributed by atoms with Gasteiger partial charge in [-0.05, 0) is 76.0 Å². The molecule has 0 aliphatic carbocycles. The van der Waals surface area contributed by atoms with E-state index < -0.39 is 0 Å². The first-order valence-corrected chi connectivity index (χ1v) is 9.68. The van der Waals surface area contributed by atoms with Crippen LogP contribution in [0.25, 0.3) is 10.9 Å². The summed E-state index contributed by atoms with van der Waals surface area (Å²) >= 11 is 0. The van der Waals surface area contributed by atoms with Crippen LogP contribution in [0.15, 0.2) is 24.4 Å². The Kier molecular flexibility index (Phi) is 6.50. The number of nitrogens with zero attached hydrogens (tertiary/aromatic N) is 2. The Bertz CT molecular complexity index is 724. The summed E-state index contributed by atoms with van der Waals surface area (Å²) in [5.41, 5.74) is 1.95. The molecule has 1 saturated heterocycles. The monoisotopic (exact) mass is 360 g/mol. The smallest absolute Gasteiger partial charge is 0.317 e. The number of halogens is 1. The predicted octanol–water partition coefficient (Wildman–Crippen LogP) is 3.37. The maximum absolute atomic E-state index is 13.4. The molecule has 2 heterocycles. The van der Waals surface area contributed by atoms with Crippen LogP contribution in [0.2, 0.25) is 0 Å². The fourth-order valence-electron chi connectivity index (χ4n) is 3.67. The summed E-state index contributed by atoms with van der Waals surface area (Å²) in [5.74, 6) is -0.238. The molecule has 1 aliphatic rings. The first kappa shape index (κ1) is 18.7. The number of likely N-dealkylation sites (tertiary alicyclic amines) is 1. The summed E-state index contributed by atoms with van der Waals surface area (Å²) in [7, 11) is 0. The Morgan fingerprint density at radius 1 is 1.35 bits per heavy atom. The van der Waals surface area contributed by atoms with Gasteiger partial charge in [0.2, 0.25) is 0 Å². The quantitative estimate of drug-likeness (QED) is 0.758. The molecule has 0 atom stereocenters. The van der Waals surface area contributed by atoms with E-state index >= 15 is 0 Å². The number of hydrogen-bond acceptors (Lipinski definition) is 2. The van der Waals surface area contributed by atoms with E-state index in [9.17, 15) is 9.18 Å². The average Bonchev–Trinajstić information content (AvgIpc) is 3.28. The van der Waals surface area contributed by atoms with Crippen molar-refractivity contribution in [2.24, 2.45) is 0 Å². The fraction of sp³-hybridized carbons (Fsp3) is 0.550. The van der Waals surface area contributed by atoms with Crippen LogP contribution in [0.5, 0.6) is 0 Å². The van der Waals surface area contributed by atoms with Crippen molar-refractivity contribution in [2.45, 2.75) is 32.6 Å². The van der Waals surface area contributed by atoms with E-state index in [2.05, 4.69) is 15.2 Å². The molecule has 2 aromatic rings. The third-order valence-corrected chi connectivity index (χ3v) is 5.17. The number of carbonyl (C=O) groups is 1. The van der Waals surface area contributed by atoms with Gasteiger partial charge < -0.3 is 20.1 Å². The molecule has 0 radical (unpaired) electrons. The van der Waals surface area contributed by atoms with E-state index in [-0.39, 0.29) is 11.8 Å². The minimum absolute atomic E-state index is 0.0139. The second-order valence-electron chi connectivity index (χ2n) is 6.97. The molecule has 0 bridgehead atoms. The maximum Gasteiger partial charge on any atom is 0.317 e. The van der Waals surface area contributed by atoms with Gasteiger partial charge in [0.25, 0.3) is 0 Å². The fourth-order valence-corrected chi connectivity index (χ4v) is 3.67. The Hall–Kier alpha value is -2.08. The summed E-state index contributed by atoms with van der Waals surface area (Å²) in [6, 6.07) is 4.72. The van der Waals surface area contributed by atoms with Gasteiger partial charge >= 0.3 is 6.03 Å². The van der Waals surface area contributed by atoms with Crippen LogP contribution in [-0.2, 0) is 6.42 Å². The molecule has 2 amide bonds. The van der Waals surface area contributed by atoms with Crippen LogP contribution in [0, 0.1) is 5.82 Å². The second kappa shape index (κ2) is 9.03. The van der Waals surface area contributed by atoms with Crippen LogP contribution >= 0.6 is 0 Å². The molecule has 1 aromatic heterocycles. The van der Waals surface area contributed by atoms with Gasteiger partial charge in [-0.25, -0.2) is 9.18 Å². The van der Waals surface area contributed by atoms with E-state index in [1.54, 1.807) is 12.1 Å². The molecular weight excluding hydrogens is 331 g/mol. The first-order valence-electron chi connectivity index (χ1n) is 9.68. The van der Waals surface area contributed by atoms with Gasteiger partial charge in [-0.2, -0.15) is 0 Å². The molecule has 5 nitrogen and oxygen atoms in total. The number of urea groups is 1. The molecule has 2 N–H and O–H groups in total. The molecule has 0 unspecified atom stereocenters. The highest BCUT2D eigenvalue weighted by Crippen LogP contribution is 2.19. The van der Waals surface area contributed by atoms with Crippen LogP contribution in [-0.4, -0.2) is 60.1 Å². The van der Waals surface area contributed by atoms with E-state index in [0.29, 0.717) is 19.5 Å². The second-order valence-corrected chi connectivity index (χ2v) is 6.97. The first-order chi connectivity index (χ1) is 12.7. The van der Waals surface area contributed by atoms with Crippen LogP contribution < -0.4 is 5.32 Å². The van der Waals surface area contributed by atoms with Crippen molar-refractivity contribution in [3.63, 3.8) is 0 Å². The van der Waals surface area contributed by atoms with Crippen molar-refractivity contribution in [3.8, 4) is 0 Å². The lowest BCUT2D eigenvalue weighted by atomic mass is 10.1. The Labute approximate surface area is 154 Å². The standard InChI is InChI=1S/C20H29FN4O/c1-2-25(13-5-12-24-10-3-4-11-24)20(26)22-9-8-16-15-23-19-7-6-17(21)14-18(16)19/h6-7,14-15,23H,2-5,8-13H2,1H3,(H,22,26). The third kappa shape index (κ3) is 4.75. The van der Waals surface area contributed by atoms with Gasteiger partial charge in [-0.3, -0.25) is 0 Å². The van der Waals surface area contributed by atoms with E-state index in [0.717, 1.165) is 36.0 Å². The normalized spacial score (nSPS) is 14.8. The molecule has 0 saturated carbocycles. The van der Waals surface area contributed by atoms with Gasteiger partial charge in [0.1, 0.15) is 5.82 Å². The number of amides is 2. The van der Waals surface area contributed by atoms with Crippen LogP contribution in [0.4, 0.5) is 9.18 Å². The number of nitrogens with one attached hydrogen (secondary N) is 2. The minimum Gasteiger partial charge on any atom is -0.361 e. The van der Waals surface area contributed by atoms with Gasteiger partial charge in [0, 0.05) is 36.7 Å². The van der Waals surface area contributed by atoms with Gasteiger partial charge in [0.15, 0.2) is 0 Å². The SMILES string of the molecule is CCN(CCCN1CCCC1)C(=O)NCCc1c[nH]c2ccc(F)cc12. The summed E-state index contributed by atoms with van der Waals surface area (Å²) in [6.45, 7) is 7.53. The highest BCUT2D eigenvalue weighted by Gasteiger charge is 2.14. The number of benzene rings is 1. The maximum atomic E-state index is 13.4. The Balaban J connectivity index is 1.43.